The Kier molecular flexibility index (Phi) is 3.45. The van der Waals surface area contributed by atoms with Gasteiger partial charge in [0.25, 0.3) is 15.7 Å². The van der Waals surface area contributed by atoms with E-state index >= 15 is 0 Å². The van der Waals surface area contributed by atoms with Gasteiger partial charge in [0.05, 0.1) is 28.7 Å². The van der Waals surface area contributed by atoms with Crippen LogP contribution in [0.3, 0.4) is 0 Å². The van der Waals surface area contributed by atoms with Crippen LogP contribution in [-0.2, 0) is 10.0 Å². The topological polar surface area (TPSA) is 118 Å². The van der Waals surface area contributed by atoms with Gasteiger partial charge in [0.15, 0.2) is 5.03 Å². The predicted molar refractivity (Wildman–Crippen MR) is 72.0 cm³/mol. The Bertz CT molecular complexity index is 753. The lowest BCUT2D eigenvalue weighted by Gasteiger charge is -2.12. The summed E-state index contributed by atoms with van der Waals surface area (Å²) in [5.74, 6) is 0. The summed E-state index contributed by atoms with van der Waals surface area (Å²) in [4.78, 5) is 16.5. The molecule has 0 radical (unpaired) electrons. The molecule has 1 aromatic heterocycles. The third kappa shape index (κ3) is 2.48. The molecule has 0 atom stereocenters. The maximum atomic E-state index is 12.1. The number of aromatic nitrogens is 2. The van der Waals surface area contributed by atoms with Gasteiger partial charge < -0.3 is 4.98 Å². The Balaban J connectivity index is 2.49. The number of hydrogen-bond acceptors (Lipinski definition) is 5. The molecular weight excluding hydrogens is 284 g/mol. The van der Waals surface area contributed by atoms with Gasteiger partial charge in [0, 0.05) is 6.07 Å². The highest BCUT2D eigenvalue weighted by molar-refractivity contribution is 7.92. The molecule has 1 aromatic carbocycles. The largest absolute Gasteiger partial charge is 0.334 e. The second kappa shape index (κ2) is 4.93. The molecule has 8 nitrogen and oxygen atoms in total. The Morgan fingerprint density at radius 3 is 2.60 bits per heavy atom. The van der Waals surface area contributed by atoms with Crippen molar-refractivity contribution in [2.45, 2.75) is 18.9 Å². The lowest BCUT2D eigenvalue weighted by molar-refractivity contribution is -0.385. The lowest BCUT2D eigenvalue weighted by Crippen LogP contribution is -2.15. The minimum Gasteiger partial charge on any atom is -0.334 e. The molecule has 0 saturated heterocycles. The fourth-order valence-electron chi connectivity index (χ4n) is 1.77. The van der Waals surface area contributed by atoms with E-state index in [4.69, 9.17) is 0 Å². The van der Waals surface area contributed by atoms with E-state index < -0.39 is 14.9 Å². The van der Waals surface area contributed by atoms with Gasteiger partial charge in [-0.1, -0.05) is 6.07 Å². The second-order valence-electron chi connectivity index (χ2n) is 4.18. The van der Waals surface area contributed by atoms with E-state index in [1.807, 2.05) is 0 Å². The van der Waals surface area contributed by atoms with E-state index in [0.717, 1.165) is 6.20 Å². The van der Waals surface area contributed by atoms with Crippen molar-refractivity contribution in [2.75, 3.05) is 4.72 Å². The molecule has 0 bridgehead atoms. The fraction of sp³-hybridized carbons (Fsp3) is 0.182. The summed E-state index contributed by atoms with van der Waals surface area (Å²) in [6.07, 6.45) is 2.39. The molecular formula is C11H12N4O4S. The number of imidazole rings is 1. The van der Waals surface area contributed by atoms with Gasteiger partial charge in [-0.2, -0.15) is 8.42 Å². The van der Waals surface area contributed by atoms with Crippen molar-refractivity contribution >= 4 is 21.4 Å². The molecule has 0 aliphatic carbocycles. The zero-order valence-electron chi connectivity index (χ0n) is 10.7. The number of hydrogen-bond donors (Lipinski definition) is 2. The zero-order valence-corrected chi connectivity index (χ0v) is 11.6. The standard InChI is InChI=1S/C11H12N4O4S/c1-7-3-4-9(15(16)17)8(2)11(7)14-20(18,19)10-5-12-6-13-10/h3-6,14H,1-2H3,(H,12,13). The van der Waals surface area contributed by atoms with E-state index in [1.165, 1.54) is 25.4 Å². The first kappa shape index (κ1) is 14.0. The molecule has 2 aromatic rings. The highest BCUT2D eigenvalue weighted by Crippen LogP contribution is 2.30. The van der Waals surface area contributed by atoms with E-state index in [9.17, 15) is 18.5 Å². The highest BCUT2D eigenvalue weighted by atomic mass is 32.2. The molecule has 0 aliphatic rings. The first-order valence-electron chi connectivity index (χ1n) is 5.58. The van der Waals surface area contributed by atoms with Crippen LogP contribution in [0.5, 0.6) is 0 Å². The Morgan fingerprint density at radius 2 is 2.05 bits per heavy atom. The molecule has 0 aliphatic heterocycles. The molecule has 0 saturated carbocycles. The Hall–Kier alpha value is -2.42. The average molecular weight is 296 g/mol. The van der Waals surface area contributed by atoms with Crippen LogP contribution in [-0.4, -0.2) is 23.3 Å². The third-order valence-electron chi connectivity index (χ3n) is 2.84. The second-order valence-corrected chi connectivity index (χ2v) is 5.83. The van der Waals surface area contributed by atoms with Crippen molar-refractivity contribution in [2.24, 2.45) is 0 Å². The number of rotatable bonds is 4. The molecule has 9 heteroatoms. The van der Waals surface area contributed by atoms with Crippen molar-refractivity contribution in [3.05, 3.63) is 45.9 Å². The zero-order chi connectivity index (χ0) is 14.9. The SMILES string of the molecule is Cc1ccc([N+](=O)[O-])c(C)c1NS(=O)(=O)c1cnc[nH]1. The maximum absolute atomic E-state index is 12.1. The van der Waals surface area contributed by atoms with Crippen molar-refractivity contribution in [1.29, 1.82) is 0 Å². The number of benzene rings is 1. The van der Waals surface area contributed by atoms with Gasteiger partial charge in [-0.15, -0.1) is 0 Å². The van der Waals surface area contributed by atoms with E-state index in [-0.39, 0.29) is 22.0 Å². The third-order valence-corrected chi connectivity index (χ3v) is 4.12. The van der Waals surface area contributed by atoms with Gasteiger partial charge >= 0.3 is 0 Å². The number of H-pyrrole nitrogens is 1. The van der Waals surface area contributed by atoms with Gasteiger partial charge in [0.1, 0.15) is 0 Å². The van der Waals surface area contributed by atoms with E-state index in [0.29, 0.717) is 5.56 Å². The molecule has 0 spiro atoms. The quantitative estimate of drug-likeness (QED) is 0.658. The molecule has 0 unspecified atom stereocenters. The van der Waals surface area contributed by atoms with Gasteiger partial charge in [0.2, 0.25) is 0 Å². The molecule has 1 heterocycles. The monoisotopic (exact) mass is 296 g/mol. The van der Waals surface area contributed by atoms with Gasteiger partial charge in [-0.05, 0) is 19.4 Å². The maximum Gasteiger partial charge on any atom is 0.278 e. The normalized spacial score (nSPS) is 11.3. The molecule has 0 amide bonds. The number of nitro groups is 1. The first-order valence-corrected chi connectivity index (χ1v) is 7.07. The number of anilines is 1. The Morgan fingerprint density at radius 1 is 1.35 bits per heavy atom. The summed E-state index contributed by atoms with van der Waals surface area (Å²) in [5.41, 5.74) is 0.918. The molecule has 0 fully saturated rings. The Labute approximate surface area is 115 Å². The molecule has 20 heavy (non-hydrogen) atoms. The summed E-state index contributed by atoms with van der Waals surface area (Å²) in [6, 6.07) is 2.84. The molecule has 2 rings (SSSR count). The minimum atomic E-state index is -3.85. The van der Waals surface area contributed by atoms with E-state index in [1.54, 1.807) is 6.92 Å². The number of aromatic amines is 1. The van der Waals surface area contributed by atoms with Crippen molar-refractivity contribution in [3.8, 4) is 0 Å². The van der Waals surface area contributed by atoms with Crippen molar-refractivity contribution in [1.82, 2.24) is 9.97 Å². The van der Waals surface area contributed by atoms with Crippen LogP contribution in [0.25, 0.3) is 0 Å². The number of nitro benzene ring substituents is 1. The summed E-state index contributed by atoms with van der Waals surface area (Å²) >= 11 is 0. The number of nitrogens with one attached hydrogen (secondary N) is 2. The minimum absolute atomic E-state index is 0.109. The van der Waals surface area contributed by atoms with Crippen LogP contribution in [0.4, 0.5) is 11.4 Å². The van der Waals surface area contributed by atoms with Gasteiger partial charge in [-0.3, -0.25) is 14.8 Å². The summed E-state index contributed by atoms with van der Waals surface area (Å²) < 4.78 is 26.5. The van der Waals surface area contributed by atoms with E-state index in [2.05, 4.69) is 14.7 Å². The van der Waals surface area contributed by atoms with Crippen molar-refractivity contribution in [3.63, 3.8) is 0 Å². The molecule has 2 N–H and O–H groups in total. The average Bonchev–Trinajstić information content (AvgIpc) is 2.88. The molecule has 106 valence electrons. The number of sulfonamides is 1. The summed E-state index contributed by atoms with van der Waals surface area (Å²) in [7, 11) is -3.85. The van der Waals surface area contributed by atoms with Crippen molar-refractivity contribution < 1.29 is 13.3 Å². The van der Waals surface area contributed by atoms with Crippen LogP contribution < -0.4 is 4.72 Å². The van der Waals surface area contributed by atoms with Crippen LogP contribution in [0.1, 0.15) is 11.1 Å². The smallest absolute Gasteiger partial charge is 0.278 e. The van der Waals surface area contributed by atoms with Crippen LogP contribution in [0.2, 0.25) is 0 Å². The number of aryl methyl sites for hydroxylation is 1. The van der Waals surface area contributed by atoms with Gasteiger partial charge in [-0.25, -0.2) is 4.98 Å². The summed E-state index contributed by atoms with van der Waals surface area (Å²) in [6.45, 7) is 3.16. The first-order chi connectivity index (χ1) is 9.33. The van der Waals surface area contributed by atoms with Crippen LogP contribution >= 0.6 is 0 Å². The van der Waals surface area contributed by atoms with Crippen LogP contribution in [0, 0.1) is 24.0 Å². The number of nitrogens with zero attached hydrogens (tertiary/aromatic N) is 2. The fourth-order valence-corrected chi connectivity index (χ4v) is 2.87. The lowest BCUT2D eigenvalue weighted by atomic mass is 10.1. The highest BCUT2D eigenvalue weighted by Gasteiger charge is 2.21. The summed E-state index contributed by atoms with van der Waals surface area (Å²) in [5, 5.41) is 10.8. The predicted octanol–water partition coefficient (Wildman–Crippen LogP) is 1.74. The van der Waals surface area contributed by atoms with Crippen LogP contribution in [0.15, 0.2) is 29.7 Å².